The smallest absolute Gasteiger partial charge is 0.338 e. The third kappa shape index (κ3) is 5.51. The lowest BCUT2D eigenvalue weighted by Gasteiger charge is -2.15. The van der Waals surface area contributed by atoms with Gasteiger partial charge >= 0.3 is 5.97 Å². The number of methoxy groups -OCH3 is 1. The number of nitrogens with one attached hydrogen (secondary N) is 1. The van der Waals surface area contributed by atoms with E-state index >= 15 is 0 Å². The van der Waals surface area contributed by atoms with Crippen LogP contribution in [0, 0.1) is 0 Å². The van der Waals surface area contributed by atoms with Crippen molar-refractivity contribution in [1.82, 2.24) is 0 Å². The Labute approximate surface area is 153 Å². The lowest BCUT2D eigenvalue weighted by molar-refractivity contribution is -0.122. The quantitative estimate of drug-likeness (QED) is 0.730. The summed E-state index contributed by atoms with van der Waals surface area (Å²) in [5.41, 5.74) is 1.01. The first-order valence-electron chi connectivity index (χ1n) is 8.42. The minimum Gasteiger partial charge on any atom is -0.497 e. The number of benzene rings is 2. The van der Waals surface area contributed by atoms with Gasteiger partial charge in [-0.3, -0.25) is 4.79 Å². The average Bonchev–Trinajstić information content (AvgIpc) is 2.66. The van der Waals surface area contributed by atoms with Gasteiger partial charge in [0.1, 0.15) is 11.5 Å². The molecular formula is C20H23NO5. The normalized spacial score (nSPS) is 11.3. The van der Waals surface area contributed by atoms with Gasteiger partial charge < -0.3 is 19.5 Å². The third-order valence-corrected chi connectivity index (χ3v) is 3.55. The number of hydrogen-bond donors (Lipinski definition) is 1. The highest BCUT2D eigenvalue weighted by Gasteiger charge is 2.15. The van der Waals surface area contributed by atoms with Crippen LogP contribution in [0.3, 0.4) is 0 Å². The number of carbonyl (C=O) groups excluding carboxylic acids is 2. The zero-order valence-electron chi connectivity index (χ0n) is 15.2. The highest BCUT2D eigenvalue weighted by Crippen LogP contribution is 2.20. The first-order valence-corrected chi connectivity index (χ1v) is 8.42. The zero-order chi connectivity index (χ0) is 18.9. The van der Waals surface area contributed by atoms with Crippen LogP contribution < -0.4 is 14.8 Å². The van der Waals surface area contributed by atoms with Gasteiger partial charge in [-0.2, -0.15) is 0 Å². The van der Waals surface area contributed by atoms with Crippen LogP contribution in [0.2, 0.25) is 0 Å². The van der Waals surface area contributed by atoms with Crippen molar-refractivity contribution in [2.75, 3.05) is 19.0 Å². The van der Waals surface area contributed by atoms with Gasteiger partial charge in [0.25, 0.3) is 5.91 Å². The summed E-state index contributed by atoms with van der Waals surface area (Å²) in [6.45, 7) is 3.97. The number of anilines is 1. The second kappa shape index (κ2) is 9.46. The Morgan fingerprint density at radius 3 is 2.42 bits per heavy atom. The molecule has 6 nitrogen and oxygen atoms in total. The van der Waals surface area contributed by atoms with Crippen molar-refractivity contribution in [2.45, 2.75) is 26.4 Å². The molecule has 0 aromatic heterocycles. The second-order valence-corrected chi connectivity index (χ2v) is 5.64. The topological polar surface area (TPSA) is 73.9 Å². The van der Waals surface area contributed by atoms with E-state index < -0.39 is 6.10 Å². The lowest BCUT2D eigenvalue weighted by Crippen LogP contribution is -2.30. The predicted octanol–water partition coefficient (Wildman–Crippen LogP) is 3.67. The number of ether oxygens (including phenoxy) is 3. The predicted molar refractivity (Wildman–Crippen MR) is 98.7 cm³/mol. The minimum absolute atomic E-state index is 0.297. The van der Waals surface area contributed by atoms with E-state index in [0.717, 1.165) is 6.42 Å². The Hall–Kier alpha value is -3.02. The Morgan fingerprint density at radius 1 is 1.08 bits per heavy atom. The summed E-state index contributed by atoms with van der Waals surface area (Å²) < 4.78 is 15.8. The summed E-state index contributed by atoms with van der Waals surface area (Å²) in [5, 5.41) is 2.75. The number of carbonyl (C=O) groups is 2. The molecule has 2 rings (SSSR count). The largest absolute Gasteiger partial charge is 0.497 e. The van der Waals surface area contributed by atoms with E-state index in [1.165, 1.54) is 0 Å². The first kappa shape index (κ1) is 19.3. The van der Waals surface area contributed by atoms with Gasteiger partial charge in [0, 0.05) is 11.8 Å². The van der Waals surface area contributed by atoms with Crippen molar-refractivity contribution in [3.05, 3.63) is 54.1 Å². The molecule has 2 aromatic carbocycles. The van der Waals surface area contributed by atoms with Crippen LogP contribution in [0.25, 0.3) is 0 Å². The van der Waals surface area contributed by atoms with Gasteiger partial charge in [-0.15, -0.1) is 0 Å². The molecule has 0 heterocycles. The third-order valence-electron chi connectivity index (χ3n) is 3.55. The maximum absolute atomic E-state index is 12.3. The van der Waals surface area contributed by atoms with Gasteiger partial charge in [0.15, 0.2) is 6.10 Å². The molecule has 0 saturated carbocycles. The van der Waals surface area contributed by atoms with E-state index in [-0.39, 0.29) is 11.9 Å². The summed E-state index contributed by atoms with van der Waals surface area (Å²) in [4.78, 5) is 24.0. The Morgan fingerprint density at radius 2 is 1.77 bits per heavy atom. The van der Waals surface area contributed by atoms with Crippen LogP contribution in [0.5, 0.6) is 11.5 Å². The van der Waals surface area contributed by atoms with Gasteiger partial charge in [-0.1, -0.05) is 13.0 Å². The molecule has 1 atom stereocenters. The molecule has 0 radical (unpaired) electrons. The van der Waals surface area contributed by atoms with E-state index in [4.69, 9.17) is 14.2 Å². The molecule has 0 aliphatic carbocycles. The Kier molecular flexibility index (Phi) is 7.02. The van der Waals surface area contributed by atoms with E-state index in [0.29, 0.717) is 29.4 Å². The molecular weight excluding hydrogens is 334 g/mol. The maximum Gasteiger partial charge on any atom is 0.338 e. The summed E-state index contributed by atoms with van der Waals surface area (Å²) >= 11 is 0. The molecule has 0 bridgehead atoms. The molecule has 2 aromatic rings. The fourth-order valence-corrected chi connectivity index (χ4v) is 2.14. The van der Waals surface area contributed by atoms with Gasteiger partial charge in [0.2, 0.25) is 0 Å². The number of rotatable bonds is 8. The molecule has 0 spiro atoms. The van der Waals surface area contributed by atoms with Crippen molar-refractivity contribution < 1.29 is 23.8 Å². The van der Waals surface area contributed by atoms with E-state index in [9.17, 15) is 9.59 Å². The monoisotopic (exact) mass is 357 g/mol. The van der Waals surface area contributed by atoms with Crippen molar-refractivity contribution in [3.8, 4) is 11.5 Å². The summed E-state index contributed by atoms with van der Waals surface area (Å²) in [6, 6.07) is 13.6. The molecule has 1 amide bonds. The number of hydrogen-bond acceptors (Lipinski definition) is 5. The van der Waals surface area contributed by atoms with Crippen LogP contribution >= 0.6 is 0 Å². The minimum atomic E-state index is -0.698. The Bertz CT molecular complexity index is 742. The molecule has 0 fully saturated rings. The van der Waals surface area contributed by atoms with E-state index in [2.05, 4.69) is 5.32 Å². The van der Waals surface area contributed by atoms with Crippen molar-refractivity contribution >= 4 is 17.6 Å². The fraction of sp³-hybridized carbons (Fsp3) is 0.300. The first-order chi connectivity index (χ1) is 12.5. The van der Waals surface area contributed by atoms with E-state index in [1.807, 2.05) is 6.92 Å². The average molecular weight is 357 g/mol. The summed E-state index contributed by atoms with van der Waals surface area (Å²) in [6.07, 6.45) is 0.0710. The molecule has 0 aliphatic heterocycles. The van der Waals surface area contributed by atoms with Gasteiger partial charge in [-0.25, -0.2) is 4.79 Å². The molecule has 0 saturated heterocycles. The van der Waals surface area contributed by atoms with Crippen LogP contribution in [0.1, 0.15) is 30.6 Å². The standard InChI is InChI=1S/C20H23NO5/c1-4-12-25-20(23)15-8-10-16(11-9-15)21-19(22)14(2)26-18-7-5-6-17(13-18)24-3/h5-11,13-14H,4,12H2,1-3H3,(H,21,22). The van der Waals surface area contributed by atoms with Crippen LogP contribution in [0.15, 0.2) is 48.5 Å². The number of esters is 1. The molecule has 138 valence electrons. The maximum atomic E-state index is 12.3. The molecule has 1 unspecified atom stereocenters. The van der Waals surface area contributed by atoms with Crippen molar-refractivity contribution in [1.29, 1.82) is 0 Å². The van der Waals surface area contributed by atoms with Crippen LogP contribution in [-0.4, -0.2) is 31.7 Å². The SMILES string of the molecule is CCCOC(=O)c1ccc(NC(=O)C(C)Oc2cccc(OC)c2)cc1. The second-order valence-electron chi connectivity index (χ2n) is 5.64. The highest BCUT2D eigenvalue weighted by molar-refractivity contribution is 5.95. The summed E-state index contributed by atoms with van der Waals surface area (Å²) in [7, 11) is 1.57. The molecule has 6 heteroatoms. The Balaban J connectivity index is 1.92. The lowest BCUT2D eigenvalue weighted by atomic mass is 10.2. The highest BCUT2D eigenvalue weighted by atomic mass is 16.5. The summed E-state index contributed by atoms with van der Waals surface area (Å²) in [5.74, 6) is 0.523. The molecule has 0 aliphatic rings. The zero-order valence-corrected chi connectivity index (χ0v) is 15.2. The van der Waals surface area contributed by atoms with Crippen molar-refractivity contribution in [3.63, 3.8) is 0 Å². The van der Waals surface area contributed by atoms with Crippen molar-refractivity contribution in [2.24, 2.45) is 0 Å². The van der Waals surface area contributed by atoms with Crippen LogP contribution in [-0.2, 0) is 9.53 Å². The molecule has 1 N–H and O–H groups in total. The van der Waals surface area contributed by atoms with Gasteiger partial charge in [-0.05, 0) is 49.7 Å². The van der Waals surface area contributed by atoms with Gasteiger partial charge in [0.05, 0.1) is 19.3 Å². The van der Waals surface area contributed by atoms with Crippen LogP contribution in [0.4, 0.5) is 5.69 Å². The number of amides is 1. The molecule has 26 heavy (non-hydrogen) atoms. The van der Waals surface area contributed by atoms with E-state index in [1.54, 1.807) is 62.6 Å². The fourth-order valence-electron chi connectivity index (χ4n) is 2.14.